The van der Waals surface area contributed by atoms with Crippen molar-refractivity contribution in [2.45, 2.75) is 43.9 Å². The molecule has 2 atom stereocenters. The predicted octanol–water partition coefficient (Wildman–Crippen LogP) is 8.82. The summed E-state index contributed by atoms with van der Waals surface area (Å²) < 4.78 is 47.7. The molecule has 2 unspecified atom stereocenters. The minimum Gasteiger partial charge on any atom is -0.496 e. The van der Waals surface area contributed by atoms with Crippen LogP contribution < -0.4 is 15.9 Å². The van der Waals surface area contributed by atoms with E-state index in [0.717, 1.165) is 74.4 Å². The highest BCUT2D eigenvalue weighted by atomic mass is 19.4. The first kappa shape index (κ1) is 40.4. The Balaban J connectivity index is 0.000000180. The first-order chi connectivity index (χ1) is 28.2. The Morgan fingerprint density at radius 3 is 1.79 bits per heavy atom. The molecule has 2 aliphatic heterocycles. The van der Waals surface area contributed by atoms with Gasteiger partial charge in [-0.2, -0.15) is 18.3 Å². The molecule has 8 nitrogen and oxygen atoms in total. The molecule has 2 fully saturated rings. The van der Waals surface area contributed by atoms with Crippen molar-refractivity contribution in [1.82, 2.24) is 24.1 Å². The van der Waals surface area contributed by atoms with E-state index >= 15 is 0 Å². The molecular formula is C47H48F3N5O3. The third-order valence-electron chi connectivity index (χ3n) is 11.0. The summed E-state index contributed by atoms with van der Waals surface area (Å²) in [5.74, 6) is 0.698. The van der Waals surface area contributed by atoms with Crippen molar-refractivity contribution >= 4 is 0 Å². The summed E-state index contributed by atoms with van der Waals surface area (Å²) in [6.07, 6.45) is 3.77. The highest BCUT2D eigenvalue weighted by Gasteiger charge is 2.30. The summed E-state index contributed by atoms with van der Waals surface area (Å²) in [6, 6.07) is 37.3. The molecule has 4 aromatic carbocycles. The van der Waals surface area contributed by atoms with Gasteiger partial charge >= 0.3 is 6.18 Å². The van der Waals surface area contributed by atoms with Gasteiger partial charge in [0.05, 0.1) is 30.3 Å². The lowest BCUT2D eigenvalue weighted by molar-refractivity contribution is -0.137. The summed E-state index contributed by atoms with van der Waals surface area (Å²) in [5, 5.41) is 4.46. The van der Waals surface area contributed by atoms with Crippen LogP contribution in [0.15, 0.2) is 149 Å². The molecule has 6 aromatic rings. The summed E-state index contributed by atoms with van der Waals surface area (Å²) >= 11 is 0. The van der Waals surface area contributed by atoms with Crippen molar-refractivity contribution in [3.63, 3.8) is 0 Å². The van der Waals surface area contributed by atoms with Gasteiger partial charge in [0.2, 0.25) is 0 Å². The fraction of sp³-hybridized carbons (Fsp3) is 0.298. The number of para-hydroxylation sites is 1. The van der Waals surface area contributed by atoms with Gasteiger partial charge < -0.3 is 19.1 Å². The lowest BCUT2D eigenvalue weighted by Crippen LogP contribution is -2.36. The van der Waals surface area contributed by atoms with Gasteiger partial charge in [-0.25, -0.2) is 4.68 Å². The SMILES string of the molecule is COc1ccccc1C(CN1CCCC1)n1cccc(-c2ccc(C(F)(F)F)cc2)c1=O.O=c1c(-c2ccccc2)ccnn1C(CN1CCCC1)c1ccccc1. The van der Waals surface area contributed by atoms with Crippen molar-refractivity contribution in [3.8, 4) is 28.0 Å². The number of hydrogen-bond donors (Lipinski definition) is 0. The zero-order valence-corrected chi connectivity index (χ0v) is 32.6. The molecule has 11 heteroatoms. The molecule has 2 saturated heterocycles. The Morgan fingerprint density at radius 2 is 1.17 bits per heavy atom. The van der Waals surface area contributed by atoms with Crippen LogP contribution in [0.25, 0.3) is 22.3 Å². The Bertz CT molecular complexity index is 2350. The van der Waals surface area contributed by atoms with E-state index in [4.69, 9.17) is 4.74 Å². The van der Waals surface area contributed by atoms with E-state index in [-0.39, 0.29) is 23.2 Å². The third kappa shape index (κ3) is 9.49. The smallest absolute Gasteiger partial charge is 0.416 e. The minimum atomic E-state index is -4.42. The topological polar surface area (TPSA) is 72.6 Å². The fourth-order valence-electron chi connectivity index (χ4n) is 8.00. The number of rotatable bonds is 11. The lowest BCUT2D eigenvalue weighted by atomic mass is 10.0. The predicted molar refractivity (Wildman–Crippen MR) is 222 cm³/mol. The second-order valence-corrected chi connectivity index (χ2v) is 14.8. The molecule has 300 valence electrons. The van der Waals surface area contributed by atoms with E-state index in [9.17, 15) is 22.8 Å². The maximum absolute atomic E-state index is 13.5. The van der Waals surface area contributed by atoms with Crippen LogP contribution in [0.5, 0.6) is 5.75 Å². The van der Waals surface area contributed by atoms with Crippen LogP contribution in [-0.2, 0) is 6.18 Å². The summed E-state index contributed by atoms with van der Waals surface area (Å²) in [5.41, 5.74) is 3.45. The van der Waals surface area contributed by atoms with E-state index in [2.05, 4.69) is 27.0 Å². The number of methoxy groups -OCH3 is 1. The molecular weight excluding hydrogens is 740 g/mol. The standard InChI is InChI=1S/C25H25F3N2O2.C22H23N3O/c1-32-23-9-3-2-7-21(23)22(17-29-14-4-5-15-29)30-16-6-8-20(24(30)31)18-10-12-19(13-11-18)25(26,27)28;26-22-20(18-9-3-1-4-10-18)13-14-23-25(22)21(17-24-15-7-8-16-24)19-11-5-2-6-12-19/h2-3,6-13,16,22H,4-5,14-15,17H2,1H3;1-6,9-14,21H,7-8,15-17H2. The highest BCUT2D eigenvalue weighted by molar-refractivity contribution is 5.63. The first-order valence-electron chi connectivity index (χ1n) is 19.9. The Hall–Kier alpha value is -5.78. The molecule has 0 N–H and O–H groups in total. The van der Waals surface area contributed by atoms with Crippen molar-refractivity contribution < 1.29 is 17.9 Å². The number of pyridine rings is 1. The van der Waals surface area contributed by atoms with Crippen LogP contribution >= 0.6 is 0 Å². The second-order valence-electron chi connectivity index (χ2n) is 14.8. The number of nitrogens with zero attached hydrogens (tertiary/aromatic N) is 5. The molecule has 2 aromatic heterocycles. The molecule has 0 radical (unpaired) electrons. The zero-order valence-electron chi connectivity index (χ0n) is 32.6. The normalized spacial score (nSPS) is 15.7. The van der Waals surface area contributed by atoms with Gasteiger partial charge in [0, 0.05) is 36.6 Å². The van der Waals surface area contributed by atoms with Crippen LogP contribution in [0, 0.1) is 0 Å². The van der Waals surface area contributed by atoms with Gasteiger partial charge in [-0.1, -0.05) is 91.0 Å². The second kappa shape index (κ2) is 18.7. The number of alkyl halides is 3. The van der Waals surface area contributed by atoms with Gasteiger partial charge in [0.1, 0.15) is 5.75 Å². The summed E-state index contributed by atoms with van der Waals surface area (Å²) in [7, 11) is 1.60. The average molecular weight is 788 g/mol. The Labute approximate surface area is 336 Å². The molecule has 4 heterocycles. The molecule has 0 bridgehead atoms. The quantitative estimate of drug-likeness (QED) is 0.131. The van der Waals surface area contributed by atoms with E-state index in [1.165, 1.54) is 25.0 Å². The summed E-state index contributed by atoms with van der Waals surface area (Å²) in [6.45, 7) is 5.59. The van der Waals surface area contributed by atoms with Crippen molar-refractivity contribution in [1.29, 1.82) is 0 Å². The maximum atomic E-state index is 13.5. The molecule has 0 aliphatic carbocycles. The van der Waals surface area contributed by atoms with Gasteiger partial charge in [0.25, 0.3) is 11.1 Å². The Kier molecular flexibility index (Phi) is 13.0. The lowest BCUT2D eigenvalue weighted by Gasteiger charge is -2.27. The van der Waals surface area contributed by atoms with Gasteiger partial charge in [0.15, 0.2) is 0 Å². The monoisotopic (exact) mass is 787 g/mol. The molecule has 58 heavy (non-hydrogen) atoms. The van der Waals surface area contributed by atoms with E-state index in [1.807, 2.05) is 78.9 Å². The summed E-state index contributed by atoms with van der Waals surface area (Å²) in [4.78, 5) is 31.5. The number of likely N-dealkylation sites (tertiary alicyclic amines) is 2. The minimum absolute atomic E-state index is 0.0354. The molecule has 0 saturated carbocycles. The molecule has 2 aliphatic rings. The van der Waals surface area contributed by atoms with Crippen molar-refractivity contribution in [2.75, 3.05) is 46.4 Å². The first-order valence-corrected chi connectivity index (χ1v) is 19.9. The number of benzene rings is 4. The average Bonchev–Trinajstić information content (AvgIpc) is 3.98. The van der Waals surface area contributed by atoms with Crippen LogP contribution in [0.3, 0.4) is 0 Å². The van der Waals surface area contributed by atoms with Crippen LogP contribution in [-0.4, -0.2) is 70.5 Å². The number of hydrogen-bond acceptors (Lipinski definition) is 6. The zero-order chi connectivity index (χ0) is 40.5. The number of ether oxygens (including phenoxy) is 1. The molecule has 8 rings (SSSR count). The largest absolute Gasteiger partial charge is 0.496 e. The number of aromatic nitrogens is 3. The van der Waals surface area contributed by atoms with Crippen LogP contribution in [0.1, 0.15) is 54.5 Å². The van der Waals surface area contributed by atoms with Gasteiger partial charge in [-0.15, -0.1) is 0 Å². The van der Waals surface area contributed by atoms with Crippen LogP contribution in [0.2, 0.25) is 0 Å². The van der Waals surface area contributed by atoms with Crippen LogP contribution in [0.4, 0.5) is 13.2 Å². The van der Waals surface area contributed by atoms with Crippen molar-refractivity contribution in [2.24, 2.45) is 0 Å². The van der Waals surface area contributed by atoms with Crippen molar-refractivity contribution in [3.05, 3.63) is 177 Å². The Morgan fingerprint density at radius 1 is 0.621 bits per heavy atom. The third-order valence-corrected chi connectivity index (χ3v) is 11.0. The van der Waals surface area contributed by atoms with E-state index < -0.39 is 11.7 Å². The highest BCUT2D eigenvalue weighted by Crippen LogP contribution is 2.32. The van der Waals surface area contributed by atoms with Gasteiger partial charge in [-0.3, -0.25) is 9.59 Å². The number of halogens is 3. The van der Waals surface area contributed by atoms with E-state index in [0.29, 0.717) is 29.0 Å². The molecule has 0 amide bonds. The van der Waals surface area contributed by atoms with Gasteiger partial charge in [-0.05, 0) is 105 Å². The molecule has 0 spiro atoms. The fourth-order valence-corrected chi connectivity index (χ4v) is 8.00. The van der Waals surface area contributed by atoms with E-state index in [1.54, 1.807) is 40.9 Å². The maximum Gasteiger partial charge on any atom is 0.416 e.